The lowest BCUT2D eigenvalue weighted by Gasteiger charge is -2.27. The van der Waals surface area contributed by atoms with Crippen LogP contribution in [-0.4, -0.2) is 154 Å². The van der Waals surface area contributed by atoms with Gasteiger partial charge < -0.3 is 72.3 Å². The third-order valence-corrected chi connectivity index (χ3v) is 10.2. The third-order valence-electron chi connectivity index (χ3n) is 10.2. The minimum Gasteiger partial charge on any atom is -0.481 e. The monoisotopic (exact) mass is 919 g/mol. The van der Waals surface area contributed by atoms with Gasteiger partial charge in [-0.1, -0.05) is 57.9 Å². The zero-order valence-electron chi connectivity index (χ0n) is 36.8. The van der Waals surface area contributed by atoms with Crippen molar-refractivity contribution in [3.05, 3.63) is 41.5 Å². The summed E-state index contributed by atoms with van der Waals surface area (Å²) in [6.07, 6.45) is -0.918. The lowest BCUT2D eigenvalue weighted by molar-refractivity contribution is -0.162. The summed E-state index contributed by atoms with van der Waals surface area (Å²) < 4.78 is 16.5. The number of aliphatic carboxylic acids is 1. The normalized spacial score (nSPS) is 25.3. The number of aliphatic hydroxyl groups excluding tert-OH is 3. The fraction of sp³-hybridized carbons (Fsp3) is 0.595. The number of hydrogen-bond acceptors (Lipinski definition) is 16. The molecule has 0 saturated carbocycles. The summed E-state index contributed by atoms with van der Waals surface area (Å²) in [6, 6.07) is -3.43. The zero-order chi connectivity index (χ0) is 48.5. The first-order valence-corrected chi connectivity index (χ1v) is 21.2. The van der Waals surface area contributed by atoms with Crippen LogP contribution in [0.15, 0.2) is 30.3 Å². The lowest BCUT2D eigenvalue weighted by atomic mass is 9.99. The van der Waals surface area contributed by atoms with Gasteiger partial charge in [0, 0.05) is 6.08 Å². The van der Waals surface area contributed by atoms with Gasteiger partial charge in [-0.05, 0) is 49.8 Å². The number of amides is 6. The number of hydrogen-bond donors (Lipinski definition) is 11. The number of ether oxygens (including phenoxy) is 3. The van der Waals surface area contributed by atoms with Gasteiger partial charge in [-0.2, -0.15) is 0 Å². The van der Waals surface area contributed by atoms with E-state index in [0.717, 1.165) is 18.9 Å². The van der Waals surface area contributed by atoms with Crippen molar-refractivity contribution < 1.29 is 77.8 Å². The summed E-state index contributed by atoms with van der Waals surface area (Å²) in [7, 11) is 0. The summed E-state index contributed by atoms with van der Waals surface area (Å²) in [6.45, 7) is 4.84. The first kappa shape index (κ1) is 53.3. The second kappa shape index (κ2) is 25.5. The fourth-order valence-corrected chi connectivity index (χ4v) is 6.51. The molecule has 23 heteroatoms. The molecule has 1 aromatic carbocycles. The minimum absolute atomic E-state index is 0.0384. The lowest BCUT2D eigenvalue weighted by Crippen LogP contribution is -2.60. The summed E-state index contributed by atoms with van der Waals surface area (Å²) in [5.74, 6) is -10.9. The van der Waals surface area contributed by atoms with Crippen molar-refractivity contribution in [2.75, 3.05) is 19.8 Å². The molecule has 2 aliphatic rings. The number of aliphatic hydroxyl groups is 3. The summed E-state index contributed by atoms with van der Waals surface area (Å²) >= 11 is 0. The van der Waals surface area contributed by atoms with Crippen LogP contribution in [0.1, 0.15) is 84.0 Å². The smallest absolute Gasteiger partial charge is 0.332 e. The van der Waals surface area contributed by atoms with Crippen molar-refractivity contribution >= 4 is 59.4 Å². The van der Waals surface area contributed by atoms with E-state index in [1.807, 2.05) is 6.92 Å². The molecule has 2 fully saturated rings. The van der Waals surface area contributed by atoms with Crippen LogP contribution in [-0.2, 0) is 57.4 Å². The van der Waals surface area contributed by atoms with E-state index < -0.39 is 146 Å². The fourth-order valence-electron chi connectivity index (χ4n) is 6.51. The average molecular weight is 920 g/mol. The number of nitrogens with one attached hydrogen (secondary N) is 6. The first-order chi connectivity index (χ1) is 30.7. The van der Waals surface area contributed by atoms with Gasteiger partial charge in [-0.25, -0.2) is 9.59 Å². The van der Waals surface area contributed by atoms with Crippen LogP contribution in [0.4, 0.5) is 0 Å². The Balaban J connectivity index is 1.99. The highest BCUT2D eigenvalue weighted by atomic mass is 16.6. The molecule has 65 heavy (non-hydrogen) atoms. The van der Waals surface area contributed by atoms with Crippen LogP contribution < -0.4 is 37.6 Å². The van der Waals surface area contributed by atoms with E-state index in [9.17, 15) is 63.6 Å². The van der Waals surface area contributed by atoms with E-state index >= 15 is 0 Å². The molecule has 23 nitrogen and oxygen atoms in total. The Bertz CT molecular complexity index is 1910. The molecule has 0 radical (unpaired) electrons. The summed E-state index contributed by atoms with van der Waals surface area (Å²) in [5.41, 5.74) is 6.96. The van der Waals surface area contributed by atoms with Crippen LogP contribution in [0.5, 0.6) is 0 Å². The number of carboxylic acid groups (broad SMARTS) is 1. The highest BCUT2D eigenvalue weighted by molar-refractivity contribution is 5.98. The van der Waals surface area contributed by atoms with E-state index in [1.54, 1.807) is 38.1 Å². The molecule has 0 aliphatic carbocycles. The number of carbonyl (C=O) groups is 9. The van der Waals surface area contributed by atoms with Gasteiger partial charge in [-0.15, -0.1) is 0 Å². The number of epoxide rings is 1. The Morgan fingerprint density at radius 3 is 2.28 bits per heavy atom. The van der Waals surface area contributed by atoms with E-state index in [-0.39, 0.29) is 12.3 Å². The van der Waals surface area contributed by atoms with Crippen LogP contribution in [0.2, 0.25) is 0 Å². The number of rotatable bonds is 18. The molecule has 2 saturated heterocycles. The van der Waals surface area contributed by atoms with Crippen molar-refractivity contribution in [2.24, 2.45) is 11.7 Å². The highest BCUT2D eigenvalue weighted by Crippen LogP contribution is 2.43. The van der Waals surface area contributed by atoms with E-state index in [4.69, 9.17) is 19.9 Å². The molecular weight excluding hydrogens is 858 g/mol. The standard InChI is InChI=1S/C42H61N7O16/c1-6-7-12-29(52)36-35(65-36)24-11-9-8-10-23(24)13-14-30(53)49-34-22(5)64-41(61)27(18-50)45-31(54)17-44-37(57)26(16-32(55)56)46-39(59)28(19-63-42(34)62)48-38(58)25(15-20(2)3)47-40(60)33(43)21(4)51/h8-11,13-14,20-22,25-29,33-36,50-52H,6-7,12,15-19,43H2,1-5H3,(H,44,57)(H,45,54)(H,46,59)(H,47,60)(H,48,58)(H,49,53)(H,55,56)/b14-13+/t21-,22?,25-,26-,27+,28+,29+,33+,34?,35+,36-/m1/s1. The van der Waals surface area contributed by atoms with Crippen molar-refractivity contribution in [3.63, 3.8) is 0 Å². The Hall–Kier alpha value is -6.01. The van der Waals surface area contributed by atoms with Crippen LogP contribution >= 0.6 is 0 Å². The van der Waals surface area contributed by atoms with Crippen LogP contribution in [0.25, 0.3) is 6.08 Å². The Kier molecular flexibility index (Phi) is 20.9. The number of nitrogens with two attached hydrogens (primary N) is 1. The molecular formula is C42H61N7O16. The molecule has 6 amide bonds. The van der Waals surface area contributed by atoms with Gasteiger partial charge in [0.15, 0.2) is 12.1 Å². The molecule has 3 rings (SSSR count). The largest absolute Gasteiger partial charge is 0.481 e. The first-order valence-electron chi connectivity index (χ1n) is 21.2. The molecule has 1 aromatic rings. The molecule has 0 bridgehead atoms. The van der Waals surface area contributed by atoms with Gasteiger partial charge in [0.1, 0.15) is 49.1 Å². The second-order valence-electron chi connectivity index (χ2n) is 16.1. The molecule has 11 atom stereocenters. The van der Waals surface area contributed by atoms with Crippen LogP contribution in [0, 0.1) is 5.92 Å². The van der Waals surface area contributed by atoms with E-state index in [2.05, 4.69) is 31.9 Å². The summed E-state index contributed by atoms with van der Waals surface area (Å²) in [5, 5.41) is 53.3. The maximum atomic E-state index is 13.9. The van der Waals surface area contributed by atoms with Gasteiger partial charge >= 0.3 is 17.9 Å². The average Bonchev–Trinajstić information content (AvgIpc) is 4.05. The number of benzene rings is 1. The molecule has 2 aliphatic heterocycles. The van der Waals surface area contributed by atoms with E-state index in [1.165, 1.54) is 19.9 Å². The van der Waals surface area contributed by atoms with Gasteiger partial charge in [-0.3, -0.25) is 33.6 Å². The zero-order valence-corrected chi connectivity index (χ0v) is 36.8. The number of esters is 2. The Morgan fingerprint density at radius 2 is 1.65 bits per heavy atom. The number of cyclic esters (lactones) is 2. The second-order valence-corrected chi connectivity index (χ2v) is 16.1. The number of carboxylic acids is 1. The molecule has 2 heterocycles. The maximum Gasteiger partial charge on any atom is 0.332 e. The predicted octanol–water partition coefficient (Wildman–Crippen LogP) is -3.06. The third kappa shape index (κ3) is 16.8. The van der Waals surface area contributed by atoms with E-state index in [0.29, 0.717) is 17.5 Å². The van der Waals surface area contributed by atoms with Crippen molar-refractivity contribution in [3.8, 4) is 0 Å². The minimum atomic E-state index is -1.94. The molecule has 12 N–H and O–H groups in total. The van der Waals surface area contributed by atoms with Gasteiger partial charge in [0.25, 0.3) is 0 Å². The number of carbonyl (C=O) groups excluding carboxylic acids is 8. The van der Waals surface area contributed by atoms with Crippen molar-refractivity contribution in [1.82, 2.24) is 31.9 Å². The highest BCUT2D eigenvalue weighted by Gasteiger charge is 2.46. The summed E-state index contributed by atoms with van der Waals surface area (Å²) in [4.78, 5) is 118. The van der Waals surface area contributed by atoms with Crippen molar-refractivity contribution in [1.29, 1.82) is 0 Å². The SMILES string of the molecule is CCCC[C@H](O)[C@H]1O[C@H]1c1ccccc1/C=C/C(=O)NC1C(=O)OC[C@H](NC(=O)[C@@H](CC(C)C)NC(=O)[C@@H](N)[C@@H](C)O)C(=O)N[C@H](CC(=O)O)C(=O)NCC(=O)N[C@@H](CO)C(=O)OC1C. The predicted molar refractivity (Wildman–Crippen MR) is 226 cm³/mol. The quantitative estimate of drug-likeness (QED) is 0.0396. The Morgan fingerprint density at radius 1 is 0.954 bits per heavy atom. The van der Waals surface area contributed by atoms with Gasteiger partial charge in [0.2, 0.25) is 35.4 Å². The van der Waals surface area contributed by atoms with Crippen LogP contribution in [0.3, 0.4) is 0 Å². The molecule has 0 spiro atoms. The Labute approximate surface area is 374 Å². The maximum absolute atomic E-state index is 13.9. The molecule has 0 aromatic heterocycles. The number of unbranched alkanes of at least 4 members (excludes halogenated alkanes) is 1. The molecule has 2 unspecified atom stereocenters. The molecule has 360 valence electrons. The topological polar surface area (TPSA) is 364 Å². The van der Waals surface area contributed by atoms with Gasteiger partial charge in [0.05, 0.1) is 31.8 Å². The van der Waals surface area contributed by atoms with Crippen molar-refractivity contribution in [2.45, 2.75) is 133 Å².